The first-order valence-electron chi connectivity index (χ1n) is 17.0. The molecule has 0 aromatic heterocycles. The van der Waals surface area contributed by atoms with Gasteiger partial charge in [0, 0.05) is 19.1 Å². The molecule has 41 heavy (non-hydrogen) atoms. The van der Waals surface area contributed by atoms with Crippen LogP contribution >= 0.6 is 0 Å². The molecule has 7 fully saturated rings. The van der Waals surface area contributed by atoms with Gasteiger partial charge in [0.15, 0.2) is 6.29 Å². The molecular formula is C33H55NO7. The molecule has 18 unspecified atom stereocenters. The van der Waals surface area contributed by atoms with Crippen LogP contribution in [-0.4, -0.2) is 99.1 Å². The van der Waals surface area contributed by atoms with Gasteiger partial charge in [0.1, 0.15) is 24.4 Å². The molecule has 0 bridgehead atoms. The summed E-state index contributed by atoms with van der Waals surface area (Å²) in [5, 5.41) is 52.1. The zero-order valence-electron chi connectivity index (χ0n) is 25.3. The molecule has 0 spiro atoms. The average molecular weight is 578 g/mol. The van der Waals surface area contributed by atoms with E-state index in [9.17, 15) is 25.5 Å². The Bertz CT molecular complexity index is 949. The Morgan fingerprint density at radius 2 is 1.56 bits per heavy atom. The molecule has 4 aliphatic carbocycles. The molecule has 8 nitrogen and oxygen atoms in total. The van der Waals surface area contributed by atoms with Crippen molar-refractivity contribution >= 4 is 0 Å². The summed E-state index contributed by atoms with van der Waals surface area (Å²) < 4.78 is 11.9. The van der Waals surface area contributed by atoms with E-state index in [1.807, 2.05) is 0 Å². The van der Waals surface area contributed by atoms with Gasteiger partial charge in [0.05, 0.1) is 18.8 Å². The highest BCUT2D eigenvalue weighted by Gasteiger charge is 2.63. The Balaban J connectivity index is 1.06. The van der Waals surface area contributed by atoms with Gasteiger partial charge in [0.25, 0.3) is 0 Å². The Morgan fingerprint density at radius 3 is 2.34 bits per heavy atom. The zero-order valence-corrected chi connectivity index (χ0v) is 25.3. The van der Waals surface area contributed by atoms with Crippen molar-refractivity contribution in [2.24, 2.45) is 58.7 Å². The SMILES string of the molecule is CC1CCC2C(C)C3CCC4C(CC5C4CC(O)C4CC(OC6OC(CO)C(O)C(O)C6O)CCC45C)C3CN2C1. The van der Waals surface area contributed by atoms with E-state index in [1.165, 1.54) is 45.2 Å². The van der Waals surface area contributed by atoms with E-state index in [-0.39, 0.29) is 23.5 Å². The molecule has 0 radical (unpaired) electrons. The van der Waals surface area contributed by atoms with Gasteiger partial charge >= 0.3 is 0 Å². The van der Waals surface area contributed by atoms with Gasteiger partial charge in [-0.05, 0) is 116 Å². The molecule has 18 atom stereocenters. The lowest BCUT2D eigenvalue weighted by Gasteiger charge is -2.57. The van der Waals surface area contributed by atoms with Crippen LogP contribution in [0.3, 0.4) is 0 Å². The summed E-state index contributed by atoms with van der Waals surface area (Å²) in [6.45, 7) is 9.55. The third-order valence-corrected chi connectivity index (χ3v) is 14.1. The molecule has 5 N–H and O–H groups in total. The monoisotopic (exact) mass is 577 g/mol. The molecule has 7 rings (SSSR count). The van der Waals surface area contributed by atoms with Crippen molar-refractivity contribution in [3.05, 3.63) is 0 Å². The van der Waals surface area contributed by atoms with Crippen LogP contribution in [0.4, 0.5) is 0 Å². The van der Waals surface area contributed by atoms with Gasteiger partial charge < -0.3 is 35.0 Å². The number of rotatable bonds is 3. The molecule has 3 aliphatic heterocycles. The van der Waals surface area contributed by atoms with Gasteiger partial charge in [-0.25, -0.2) is 0 Å². The highest BCUT2D eigenvalue weighted by Crippen LogP contribution is 2.67. The second-order valence-electron chi connectivity index (χ2n) is 15.9. The van der Waals surface area contributed by atoms with Crippen molar-refractivity contribution < 1.29 is 35.0 Å². The summed E-state index contributed by atoms with van der Waals surface area (Å²) in [7, 11) is 0. The van der Waals surface area contributed by atoms with Crippen molar-refractivity contribution in [3.63, 3.8) is 0 Å². The predicted molar refractivity (Wildman–Crippen MR) is 152 cm³/mol. The second-order valence-corrected chi connectivity index (χ2v) is 15.9. The van der Waals surface area contributed by atoms with Crippen LogP contribution in [0.15, 0.2) is 0 Å². The molecule has 0 aromatic carbocycles. The molecule has 3 heterocycles. The van der Waals surface area contributed by atoms with Crippen LogP contribution in [-0.2, 0) is 9.47 Å². The van der Waals surface area contributed by atoms with Crippen LogP contribution in [0.2, 0.25) is 0 Å². The van der Waals surface area contributed by atoms with Gasteiger partial charge in [-0.1, -0.05) is 20.8 Å². The Labute approximate surface area is 245 Å². The van der Waals surface area contributed by atoms with Crippen molar-refractivity contribution in [2.45, 2.75) is 128 Å². The van der Waals surface area contributed by atoms with Crippen molar-refractivity contribution in [2.75, 3.05) is 19.7 Å². The number of aliphatic hydroxyl groups excluding tert-OH is 5. The molecule has 0 aromatic rings. The first-order chi connectivity index (χ1) is 19.6. The van der Waals surface area contributed by atoms with E-state index in [1.54, 1.807) is 0 Å². The van der Waals surface area contributed by atoms with Crippen molar-refractivity contribution in [1.29, 1.82) is 0 Å². The van der Waals surface area contributed by atoms with E-state index >= 15 is 0 Å². The lowest BCUT2D eigenvalue weighted by molar-refractivity contribution is -0.317. The molecule has 4 saturated carbocycles. The smallest absolute Gasteiger partial charge is 0.186 e. The summed E-state index contributed by atoms with van der Waals surface area (Å²) in [5.74, 6) is 6.23. The molecule has 3 saturated heterocycles. The quantitative estimate of drug-likeness (QED) is 0.324. The van der Waals surface area contributed by atoms with E-state index < -0.39 is 37.3 Å². The number of fused-ring (bicyclic) bond motifs is 8. The summed E-state index contributed by atoms with van der Waals surface area (Å²) in [5.41, 5.74) is 0.0763. The summed E-state index contributed by atoms with van der Waals surface area (Å²) in [6, 6.07) is 0.787. The maximum Gasteiger partial charge on any atom is 0.186 e. The molecular weight excluding hydrogens is 522 g/mol. The number of piperidine rings is 2. The van der Waals surface area contributed by atoms with E-state index in [0.717, 1.165) is 60.8 Å². The summed E-state index contributed by atoms with van der Waals surface area (Å²) >= 11 is 0. The minimum Gasteiger partial charge on any atom is -0.394 e. The highest BCUT2D eigenvalue weighted by molar-refractivity contribution is 5.12. The van der Waals surface area contributed by atoms with Crippen molar-refractivity contribution in [3.8, 4) is 0 Å². The van der Waals surface area contributed by atoms with Gasteiger partial charge in [-0.2, -0.15) is 0 Å². The minimum absolute atomic E-state index is 0.0763. The number of ether oxygens (including phenoxy) is 2. The maximum absolute atomic E-state index is 11.6. The van der Waals surface area contributed by atoms with E-state index in [2.05, 4.69) is 25.7 Å². The van der Waals surface area contributed by atoms with Gasteiger partial charge in [0.2, 0.25) is 0 Å². The molecule has 8 heteroatoms. The largest absolute Gasteiger partial charge is 0.394 e. The highest BCUT2D eigenvalue weighted by atomic mass is 16.7. The lowest BCUT2D eigenvalue weighted by Crippen LogP contribution is -2.60. The Morgan fingerprint density at radius 1 is 0.780 bits per heavy atom. The fourth-order valence-electron chi connectivity index (χ4n) is 12.1. The minimum atomic E-state index is -1.43. The second kappa shape index (κ2) is 10.9. The molecule has 0 amide bonds. The van der Waals surface area contributed by atoms with Gasteiger partial charge in [-0.3, -0.25) is 4.90 Å². The Hall–Kier alpha value is -0.320. The molecule has 234 valence electrons. The topological polar surface area (TPSA) is 123 Å². The number of hydrogen-bond acceptors (Lipinski definition) is 8. The summed E-state index contributed by atoms with van der Waals surface area (Å²) in [6.07, 6.45) is 3.39. The number of hydrogen-bond donors (Lipinski definition) is 5. The normalized spacial score (nSPS) is 59.0. The van der Waals surface area contributed by atoms with Crippen LogP contribution in [0.5, 0.6) is 0 Å². The van der Waals surface area contributed by atoms with Crippen LogP contribution in [0.1, 0.15) is 78.6 Å². The lowest BCUT2D eigenvalue weighted by atomic mass is 9.51. The first kappa shape index (κ1) is 29.4. The van der Waals surface area contributed by atoms with E-state index in [4.69, 9.17) is 9.47 Å². The number of aliphatic hydroxyl groups is 5. The summed E-state index contributed by atoms with van der Waals surface area (Å²) in [4.78, 5) is 2.88. The fourth-order valence-corrected chi connectivity index (χ4v) is 12.1. The Kier molecular flexibility index (Phi) is 7.84. The van der Waals surface area contributed by atoms with Gasteiger partial charge in [-0.15, -0.1) is 0 Å². The predicted octanol–water partition coefficient (Wildman–Crippen LogP) is 2.39. The van der Waals surface area contributed by atoms with Crippen molar-refractivity contribution in [1.82, 2.24) is 4.90 Å². The van der Waals surface area contributed by atoms with Crippen LogP contribution < -0.4 is 0 Å². The standard InChI is InChI=1S/C33H55NO7/c1-16-4-7-26-17(2)19-5-6-20-21(23(19)14-34(26)13-16)11-24-22(20)12-27(36)25-10-18(8-9-33(24,25)3)40-32-31(39)30(38)29(37)28(15-35)41-32/h16-32,35-39H,4-15H2,1-3H3. The fraction of sp³-hybridized carbons (Fsp3) is 1.00. The number of nitrogens with zero attached hydrogens (tertiary/aromatic N) is 1. The van der Waals surface area contributed by atoms with Crippen LogP contribution in [0.25, 0.3) is 0 Å². The third kappa shape index (κ3) is 4.68. The van der Waals surface area contributed by atoms with E-state index in [0.29, 0.717) is 18.3 Å². The first-order valence-corrected chi connectivity index (χ1v) is 17.0. The van der Waals surface area contributed by atoms with Crippen LogP contribution in [0, 0.1) is 58.7 Å². The third-order valence-electron chi connectivity index (χ3n) is 14.1. The molecule has 7 aliphatic rings. The zero-order chi connectivity index (χ0) is 28.8. The average Bonchev–Trinajstić information content (AvgIpc) is 3.34. The maximum atomic E-state index is 11.6.